The molecule has 1 amide bonds. The van der Waals surface area contributed by atoms with Gasteiger partial charge in [0.05, 0.1) is 13.2 Å². The van der Waals surface area contributed by atoms with Gasteiger partial charge in [-0.05, 0) is 42.5 Å². The predicted octanol–water partition coefficient (Wildman–Crippen LogP) is 2.12. The molecule has 6 heteroatoms. The van der Waals surface area contributed by atoms with E-state index in [9.17, 15) is 4.79 Å². The summed E-state index contributed by atoms with van der Waals surface area (Å²) in [6, 6.07) is 5.46. The number of carbonyl (C=O) groups is 1. The average molecular weight is 319 g/mol. The number of thioether (sulfide) groups is 1. The van der Waals surface area contributed by atoms with E-state index in [4.69, 9.17) is 10.5 Å². The first-order chi connectivity index (χ1) is 9.08. The van der Waals surface area contributed by atoms with Crippen molar-refractivity contribution in [2.45, 2.75) is 25.9 Å². The number of rotatable bonds is 7. The van der Waals surface area contributed by atoms with Crippen molar-refractivity contribution in [2.75, 3.05) is 19.1 Å². The van der Waals surface area contributed by atoms with E-state index in [-0.39, 0.29) is 18.3 Å². The molecule has 0 aliphatic heterocycles. The van der Waals surface area contributed by atoms with Crippen LogP contribution in [0.15, 0.2) is 18.2 Å². The van der Waals surface area contributed by atoms with Gasteiger partial charge in [-0.3, -0.25) is 4.79 Å². The number of carbonyl (C=O) groups excluding carboxylic acids is 1. The number of hydrogen-bond donors (Lipinski definition) is 2. The number of methoxy groups -OCH3 is 1. The number of nitrogens with two attached hydrogens (primary N) is 1. The van der Waals surface area contributed by atoms with E-state index in [1.807, 2.05) is 31.4 Å². The molecule has 0 aliphatic carbocycles. The van der Waals surface area contributed by atoms with Crippen LogP contribution in [0.4, 0.5) is 0 Å². The monoisotopic (exact) mass is 318 g/mol. The Bertz CT molecular complexity index is 430. The van der Waals surface area contributed by atoms with Gasteiger partial charge in [0.2, 0.25) is 5.91 Å². The number of nitrogens with one attached hydrogen (secondary N) is 1. The molecule has 0 spiro atoms. The Labute approximate surface area is 131 Å². The smallest absolute Gasteiger partial charge is 0.237 e. The van der Waals surface area contributed by atoms with Crippen LogP contribution in [0, 0.1) is 6.92 Å². The quantitative estimate of drug-likeness (QED) is 0.808. The van der Waals surface area contributed by atoms with Crippen LogP contribution in [-0.4, -0.2) is 31.1 Å². The zero-order valence-corrected chi connectivity index (χ0v) is 13.8. The molecule has 4 nitrogen and oxygen atoms in total. The number of halogens is 1. The number of aryl methyl sites for hydroxylation is 1. The first kappa shape index (κ1) is 19.1. The summed E-state index contributed by atoms with van der Waals surface area (Å²) >= 11 is 1.69. The molecule has 0 bridgehead atoms. The fraction of sp³-hybridized carbons (Fsp3) is 0.500. The Balaban J connectivity index is 0.00000361. The zero-order chi connectivity index (χ0) is 14.3. The maximum atomic E-state index is 11.8. The molecule has 0 saturated carbocycles. The molecule has 0 aliphatic rings. The van der Waals surface area contributed by atoms with Gasteiger partial charge in [-0.15, -0.1) is 12.4 Å². The van der Waals surface area contributed by atoms with Crippen molar-refractivity contribution < 1.29 is 9.53 Å². The lowest BCUT2D eigenvalue weighted by atomic mass is 10.1. The Morgan fingerprint density at radius 1 is 1.50 bits per heavy atom. The molecule has 0 unspecified atom stereocenters. The van der Waals surface area contributed by atoms with Gasteiger partial charge in [0.25, 0.3) is 0 Å². The summed E-state index contributed by atoms with van der Waals surface area (Å²) in [5.74, 6) is 1.62. The van der Waals surface area contributed by atoms with Crippen molar-refractivity contribution in [2.24, 2.45) is 5.73 Å². The largest absolute Gasteiger partial charge is 0.496 e. The maximum absolute atomic E-state index is 11.8. The normalized spacial score (nSPS) is 11.4. The Hall–Kier alpha value is -0.910. The van der Waals surface area contributed by atoms with Crippen molar-refractivity contribution >= 4 is 30.1 Å². The zero-order valence-electron chi connectivity index (χ0n) is 12.1. The number of benzene rings is 1. The van der Waals surface area contributed by atoms with E-state index >= 15 is 0 Å². The third kappa shape index (κ3) is 6.03. The lowest BCUT2D eigenvalue weighted by Gasteiger charge is -2.12. The lowest BCUT2D eigenvalue weighted by molar-refractivity contribution is -0.122. The molecule has 1 aromatic carbocycles. The highest BCUT2D eigenvalue weighted by Crippen LogP contribution is 2.18. The van der Waals surface area contributed by atoms with Crippen LogP contribution in [0.5, 0.6) is 5.75 Å². The average Bonchev–Trinajstić information content (AvgIpc) is 2.43. The van der Waals surface area contributed by atoms with Gasteiger partial charge in [0.15, 0.2) is 0 Å². The van der Waals surface area contributed by atoms with Crippen molar-refractivity contribution in [3.63, 3.8) is 0 Å². The second kappa shape index (κ2) is 9.91. The summed E-state index contributed by atoms with van der Waals surface area (Å²) in [7, 11) is 1.64. The molecule has 0 radical (unpaired) electrons. The van der Waals surface area contributed by atoms with E-state index in [2.05, 4.69) is 5.32 Å². The molecule has 0 fully saturated rings. The minimum atomic E-state index is -0.431. The summed E-state index contributed by atoms with van der Waals surface area (Å²) in [4.78, 5) is 11.8. The molecule has 20 heavy (non-hydrogen) atoms. The molecule has 3 N–H and O–H groups in total. The van der Waals surface area contributed by atoms with Gasteiger partial charge in [0.1, 0.15) is 5.75 Å². The second-order valence-electron chi connectivity index (χ2n) is 4.41. The standard InChI is InChI=1S/C14H22N2O2S.ClH/c1-10-4-5-11(8-13(10)18-2)9-16-14(17)12(15)6-7-19-3;/h4-5,8,12H,6-7,9,15H2,1-3H3,(H,16,17);1H/t12-;/m0./s1. The van der Waals surface area contributed by atoms with Gasteiger partial charge in [-0.2, -0.15) is 11.8 Å². The van der Waals surface area contributed by atoms with Gasteiger partial charge < -0.3 is 15.8 Å². The fourth-order valence-corrected chi connectivity index (χ4v) is 2.16. The van der Waals surface area contributed by atoms with Crippen LogP contribution in [0.1, 0.15) is 17.5 Å². The minimum Gasteiger partial charge on any atom is -0.496 e. The number of hydrogen-bond acceptors (Lipinski definition) is 4. The molecule has 1 atom stereocenters. The Morgan fingerprint density at radius 2 is 2.20 bits per heavy atom. The van der Waals surface area contributed by atoms with Crippen LogP contribution in [-0.2, 0) is 11.3 Å². The SMILES string of the molecule is COc1cc(CNC(=O)[C@@H](N)CCSC)ccc1C.Cl. The van der Waals surface area contributed by atoms with E-state index < -0.39 is 6.04 Å². The third-order valence-corrected chi connectivity index (χ3v) is 3.55. The van der Waals surface area contributed by atoms with Crippen LogP contribution in [0.25, 0.3) is 0 Å². The summed E-state index contributed by atoms with van der Waals surface area (Å²) < 4.78 is 5.25. The summed E-state index contributed by atoms with van der Waals surface area (Å²) in [5.41, 5.74) is 7.88. The molecule has 114 valence electrons. The number of ether oxygens (including phenoxy) is 1. The van der Waals surface area contributed by atoms with E-state index in [0.29, 0.717) is 13.0 Å². The number of amides is 1. The highest BCUT2D eigenvalue weighted by molar-refractivity contribution is 7.98. The molecular weight excluding hydrogens is 296 g/mol. The van der Waals surface area contributed by atoms with Crippen molar-refractivity contribution in [3.8, 4) is 5.75 Å². The second-order valence-corrected chi connectivity index (χ2v) is 5.40. The molecule has 1 aromatic rings. The van der Waals surface area contributed by atoms with Crippen LogP contribution < -0.4 is 15.8 Å². The van der Waals surface area contributed by atoms with Crippen molar-refractivity contribution in [1.82, 2.24) is 5.32 Å². The van der Waals surface area contributed by atoms with Crippen LogP contribution in [0.2, 0.25) is 0 Å². The molecule has 0 aromatic heterocycles. The van der Waals surface area contributed by atoms with Crippen LogP contribution >= 0.6 is 24.2 Å². The third-order valence-electron chi connectivity index (χ3n) is 2.91. The first-order valence-corrected chi connectivity index (χ1v) is 7.63. The maximum Gasteiger partial charge on any atom is 0.237 e. The Morgan fingerprint density at radius 3 is 2.80 bits per heavy atom. The lowest BCUT2D eigenvalue weighted by Crippen LogP contribution is -2.40. The Kier molecular flexibility index (Phi) is 9.46. The van der Waals surface area contributed by atoms with E-state index in [1.165, 1.54) is 0 Å². The fourth-order valence-electron chi connectivity index (χ4n) is 1.67. The highest BCUT2D eigenvalue weighted by atomic mass is 35.5. The van der Waals surface area contributed by atoms with Gasteiger partial charge in [0, 0.05) is 6.54 Å². The predicted molar refractivity (Wildman–Crippen MR) is 87.8 cm³/mol. The minimum absolute atomic E-state index is 0. The molecule has 1 rings (SSSR count). The summed E-state index contributed by atoms with van der Waals surface area (Å²) in [6.07, 6.45) is 2.70. The first-order valence-electron chi connectivity index (χ1n) is 6.24. The van der Waals surface area contributed by atoms with Gasteiger partial charge >= 0.3 is 0 Å². The molecule has 0 heterocycles. The summed E-state index contributed by atoms with van der Waals surface area (Å²) in [5, 5.41) is 2.85. The van der Waals surface area contributed by atoms with Crippen LogP contribution in [0.3, 0.4) is 0 Å². The molecule has 0 saturated heterocycles. The topological polar surface area (TPSA) is 64.3 Å². The molecular formula is C14H23ClN2O2S. The summed E-state index contributed by atoms with van der Waals surface area (Å²) in [6.45, 7) is 2.46. The van der Waals surface area contributed by atoms with Crippen molar-refractivity contribution in [1.29, 1.82) is 0 Å². The van der Waals surface area contributed by atoms with Gasteiger partial charge in [-0.1, -0.05) is 12.1 Å². The van der Waals surface area contributed by atoms with Crippen molar-refractivity contribution in [3.05, 3.63) is 29.3 Å². The van der Waals surface area contributed by atoms with E-state index in [1.54, 1.807) is 18.9 Å². The highest BCUT2D eigenvalue weighted by Gasteiger charge is 2.12. The van der Waals surface area contributed by atoms with E-state index in [0.717, 1.165) is 22.6 Å². The van der Waals surface area contributed by atoms with Gasteiger partial charge in [-0.25, -0.2) is 0 Å².